The SMILES string of the molecule is CCc1c(-c2ccc(C#N)cc2)nn(C(C)C)c1C(=O)CC(C)C. The Labute approximate surface area is 144 Å². The van der Waals surface area contributed by atoms with Gasteiger partial charge < -0.3 is 0 Å². The molecule has 0 spiro atoms. The van der Waals surface area contributed by atoms with Gasteiger partial charge >= 0.3 is 0 Å². The molecule has 0 aliphatic carbocycles. The van der Waals surface area contributed by atoms with Crippen LogP contribution >= 0.6 is 0 Å². The van der Waals surface area contributed by atoms with E-state index in [0.717, 1.165) is 28.9 Å². The van der Waals surface area contributed by atoms with Crippen molar-refractivity contribution in [2.45, 2.75) is 53.5 Å². The fraction of sp³-hybridized carbons (Fsp3) is 0.450. The van der Waals surface area contributed by atoms with Gasteiger partial charge in [-0.1, -0.05) is 32.9 Å². The number of nitriles is 1. The molecule has 126 valence electrons. The van der Waals surface area contributed by atoms with Gasteiger partial charge in [0.25, 0.3) is 0 Å². The highest BCUT2D eigenvalue weighted by Crippen LogP contribution is 2.29. The summed E-state index contributed by atoms with van der Waals surface area (Å²) in [4.78, 5) is 12.8. The van der Waals surface area contributed by atoms with Crippen molar-refractivity contribution in [2.24, 2.45) is 5.92 Å². The summed E-state index contributed by atoms with van der Waals surface area (Å²) in [5.41, 5.74) is 4.16. The van der Waals surface area contributed by atoms with Crippen molar-refractivity contribution in [1.29, 1.82) is 5.26 Å². The van der Waals surface area contributed by atoms with Gasteiger partial charge in [0.05, 0.1) is 17.3 Å². The Balaban J connectivity index is 2.60. The van der Waals surface area contributed by atoms with Crippen molar-refractivity contribution >= 4 is 5.78 Å². The first-order chi connectivity index (χ1) is 11.4. The molecular formula is C20H25N3O. The van der Waals surface area contributed by atoms with E-state index in [4.69, 9.17) is 10.4 Å². The zero-order valence-corrected chi connectivity index (χ0v) is 15.1. The molecule has 0 bridgehead atoms. The molecular weight excluding hydrogens is 298 g/mol. The third kappa shape index (κ3) is 3.56. The van der Waals surface area contributed by atoms with E-state index in [9.17, 15) is 4.79 Å². The van der Waals surface area contributed by atoms with Gasteiger partial charge in [-0.05, 0) is 38.3 Å². The van der Waals surface area contributed by atoms with E-state index in [1.54, 1.807) is 12.1 Å². The molecule has 0 aliphatic heterocycles. The molecule has 0 fully saturated rings. The summed E-state index contributed by atoms with van der Waals surface area (Å²) in [6.07, 6.45) is 1.28. The molecule has 4 heteroatoms. The average molecular weight is 323 g/mol. The summed E-state index contributed by atoms with van der Waals surface area (Å²) < 4.78 is 1.86. The third-order valence-corrected chi connectivity index (χ3v) is 4.00. The standard InChI is InChI=1S/C20H25N3O/c1-6-17-19(16-9-7-15(12-21)8-10-16)22-23(14(4)5)20(17)18(24)11-13(2)3/h7-10,13-14H,6,11H2,1-5H3. The van der Waals surface area contributed by atoms with Gasteiger partial charge in [0.2, 0.25) is 0 Å². The van der Waals surface area contributed by atoms with Crippen LogP contribution in [0.2, 0.25) is 0 Å². The monoisotopic (exact) mass is 323 g/mol. The number of hydrogen-bond donors (Lipinski definition) is 0. The minimum Gasteiger partial charge on any atom is -0.292 e. The molecule has 0 amide bonds. The number of hydrogen-bond acceptors (Lipinski definition) is 3. The van der Waals surface area contributed by atoms with Crippen molar-refractivity contribution in [2.75, 3.05) is 0 Å². The zero-order valence-electron chi connectivity index (χ0n) is 15.1. The zero-order chi connectivity index (χ0) is 17.9. The molecule has 1 aromatic carbocycles. The Hall–Kier alpha value is -2.41. The highest BCUT2D eigenvalue weighted by molar-refractivity contribution is 5.97. The molecule has 4 nitrogen and oxygen atoms in total. The van der Waals surface area contributed by atoms with Gasteiger partial charge in [0, 0.05) is 23.6 Å². The van der Waals surface area contributed by atoms with Gasteiger partial charge in [0.15, 0.2) is 5.78 Å². The molecule has 0 unspecified atom stereocenters. The van der Waals surface area contributed by atoms with E-state index in [0.29, 0.717) is 17.9 Å². The van der Waals surface area contributed by atoms with Crippen molar-refractivity contribution in [3.05, 3.63) is 41.1 Å². The van der Waals surface area contributed by atoms with Crippen LogP contribution < -0.4 is 0 Å². The quantitative estimate of drug-likeness (QED) is 0.718. The Morgan fingerprint density at radius 3 is 2.29 bits per heavy atom. The van der Waals surface area contributed by atoms with Crippen LogP contribution in [-0.4, -0.2) is 15.6 Å². The summed E-state index contributed by atoms with van der Waals surface area (Å²) in [5.74, 6) is 0.471. The van der Waals surface area contributed by atoms with Gasteiger partial charge in [-0.15, -0.1) is 0 Å². The summed E-state index contributed by atoms with van der Waals surface area (Å²) in [6, 6.07) is 9.64. The molecule has 1 aromatic heterocycles. The van der Waals surface area contributed by atoms with Gasteiger partial charge in [0.1, 0.15) is 5.69 Å². The number of Topliss-reactive ketones (excluding diaryl/α,β-unsaturated/α-hetero) is 1. The minimum absolute atomic E-state index is 0.119. The summed E-state index contributed by atoms with van der Waals surface area (Å²) in [6.45, 7) is 10.3. The fourth-order valence-corrected chi connectivity index (χ4v) is 2.88. The molecule has 1 heterocycles. The normalized spacial score (nSPS) is 11.1. The van der Waals surface area contributed by atoms with E-state index in [1.807, 2.05) is 30.7 Å². The topological polar surface area (TPSA) is 58.7 Å². The first-order valence-corrected chi connectivity index (χ1v) is 8.54. The van der Waals surface area contributed by atoms with E-state index in [-0.39, 0.29) is 11.8 Å². The molecule has 2 rings (SSSR count). The van der Waals surface area contributed by atoms with E-state index >= 15 is 0 Å². The second-order valence-corrected chi connectivity index (χ2v) is 6.78. The van der Waals surface area contributed by atoms with Gasteiger partial charge in [-0.2, -0.15) is 10.4 Å². The number of rotatable bonds is 6. The first kappa shape index (κ1) is 17.9. The Morgan fingerprint density at radius 2 is 1.83 bits per heavy atom. The number of carbonyl (C=O) groups is 1. The Bertz CT molecular complexity index is 761. The maximum absolute atomic E-state index is 12.8. The molecule has 2 aromatic rings. The fourth-order valence-electron chi connectivity index (χ4n) is 2.88. The van der Waals surface area contributed by atoms with Gasteiger partial charge in [-0.25, -0.2) is 0 Å². The number of ketones is 1. The second-order valence-electron chi connectivity index (χ2n) is 6.78. The van der Waals surface area contributed by atoms with E-state index in [2.05, 4.69) is 26.8 Å². The third-order valence-electron chi connectivity index (χ3n) is 4.00. The number of nitrogens with zero attached hydrogens (tertiary/aromatic N) is 3. The van der Waals surface area contributed by atoms with Crippen molar-refractivity contribution in [3.8, 4) is 17.3 Å². The Kier molecular flexibility index (Phi) is 5.56. The second kappa shape index (κ2) is 7.44. The van der Waals surface area contributed by atoms with Crippen LogP contribution in [0.1, 0.15) is 68.7 Å². The first-order valence-electron chi connectivity index (χ1n) is 8.54. The smallest absolute Gasteiger partial charge is 0.181 e. The van der Waals surface area contributed by atoms with Crippen LogP contribution in [0.25, 0.3) is 11.3 Å². The lowest BCUT2D eigenvalue weighted by molar-refractivity contribution is 0.0954. The van der Waals surface area contributed by atoms with Crippen molar-refractivity contribution in [3.63, 3.8) is 0 Å². The summed E-state index contributed by atoms with van der Waals surface area (Å²) in [7, 11) is 0. The molecule has 0 radical (unpaired) electrons. The Morgan fingerprint density at radius 1 is 1.21 bits per heavy atom. The lowest BCUT2D eigenvalue weighted by Gasteiger charge is -2.12. The number of carbonyl (C=O) groups excluding carboxylic acids is 1. The lowest BCUT2D eigenvalue weighted by atomic mass is 9.97. The number of benzene rings is 1. The average Bonchev–Trinajstić information content (AvgIpc) is 2.94. The summed E-state index contributed by atoms with van der Waals surface area (Å²) in [5, 5.41) is 13.7. The molecule has 24 heavy (non-hydrogen) atoms. The lowest BCUT2D eigenvalue weighted by Crippen LogP contribution is -2.15. The molecule has 0 N–H and O–H groups in total. The minimum atomic E-state index is 0.119. The van der Waals surface area contributed by atoms with Crippen molar-refractivity contribution < 1.29 is 4.79 Å². The van der Waals surface area contributed by atoms with E-state index in [1.165, 1.54) is 0 Å². The van der Waals surface area contributed by atoms with Crippen molar-refractivity contribution in [1.82, 2.24) is 9.78 Å². The maximum Gasteiger partial charge on any atom is 0.181 e. The van der Waals surface area contributed by atoms with Crippen LogP contribution in [0.15, 0.2) is 24.3 Å². The predicted octanol–water partition coefficient (Wildman–Crippen LogP) is 4.79. The number of aromatic nitrogens is 2. The predicted molar refractivity (Wildman–Crippen MR) is 95.9 cm³/mol. The highest BCUT2D eigenvalue weighted by Gasteiger charge is 2.24. The van der Waals surface area contributed by atoms with Crippen LogP contribution in [0, 0.1) is 17.2 Å². The molecule has 0 aliphatic rings. The maximum atomic E-state index is 12.8. The van der Waals surface area contributed by atoms with Crippen LogP contribution in [0.3, 0.4) is 0 Å². The van der Waals surface area contributed by atoms with Crippen LogP contribution in [-0.2, 0) is 6.42 Å². The largest absolute Gasteiger partial charge is 0.292 e. The van der Waals surface area contributed by atoms with Crippen LogP contribution in [0.4, 0.5) is 0 Å². The molecule has 0 atom stereocenters. The molecule has 0 saturated carbocycles. The van der Waals surface area contributed by atoms with E-state index < -0.39 is 0 Å². The molecule has 0 saturated heterocycles. The highest BCUT2D eigenvalue weighted by atomic mass is 16.1. The summed E-state index contributed by atoms with van der Waals surface area (Å²) >= 11 is 0. The van der Waals surface area contributed by atoms with Gasteiger partial charge in [-0.3, -0.25) is 9.48 Å². The van der Waals surface area contributed by atoms with Crippen LogP contribution in [0.5, 0.6) is 0 Å².